The van der Waals surface area contributed by atoms with Crippen molar-refractivity contribution in [1.82, 2.24) is 5.16 Å². The molecule has 0 saturated heterocycles. The molecule has 0 spiro atoms. The van der Waals surface area contributed by atoms with E-state index in [1.54, 1.807) is 45.2 Å². The highest BCUT2D eigenvalue weighted by molar-refractivity contribution is 7.92. The molecule has 0 aliphatic rings. The van der Waals surface area contributed by atoms with Gasteiger partial charge in [-0.25, -0.2) is 18.0 Å². The quantitative estimate of drug-likeness (QED) is 0.331. The Morgan fingerprint density at radius 2 is 1.57 bits per heavy atom. The van der Waals surface area contributed by atoms with Crippen LogP contribution in [0.2, 0.25) is 0 Å². The van der Waals surface area contributed by atoms with Crippen LogP contribution in [0.5, 0.6) is 0 Å². The van der Waals surface area contributed by atoms with E-state index < -0.39 is 28.1 Å². The number of hydrogen-bond acceptors (Lipinski definition) is 7. The average Bonchev–Trinajstić information content (AvgIpc) is 3.13. The van der Waals surface area contributed by atoms with Crippen LogP contribution in [0.4, 0.5) is 24.5 Å². The number of aryl methyl sites for hydroxylation is 5. The SMILES string of the molecule is Cc1cc(C)c(S(=O)(=O)Nc2ccc(N(C)CCc3c(C)noc3C)c(C(=O)O)c2)c(C)c1.O=C(O)C(F)(F)F. The second kappa shape index (κ2) is 12.4. The number of benzene rings is 2. The molecule has 0 aliphatic carbocycles. The Kier molecular flexibility index (Phi) is 9.97. The molecule has 0 saturated carbocycles. The molecule has 3 aromatic rings. The monoisotopic (exact) mass is 585 g/mol. The van der Waals surface area contributed by atoms with Gasteiger partial charge in [0.1, 0.15) is 5.76 Å². The fourth-order valence-corrected chi connectivity index (χ4v) is 5.66. The first-order valence-electron chi connectivity index (χ1n) is 11.8. The summed E-state index contributed by atoms with van der Waals surface area (Å²) in [5.41, 5.74) is 4.73. The van der Waals surface area contributed by atoms with Gasteiger partial charge in [-0.2, -0.15) is 13.2 Å². The minimum atomic E-state index is -5.08. The van der Waals surface area contributed by atoms with Gasteiger partial charge in [0.15, 0.2) is 0 Å². The number of carboxylic acid groups (broad SMARTS) is 2. The number of rotatable bonds is 8. The first kappa shape index (κ1) is 32.1. The number of hydrogen-bond donors (Lipinski definition) is 3. The lowest BCUT2D eigenvalue weighted by atomic mass is 10.1. The molecule has 0 unspecified atom stereocenters. The molecule has 1 heterocycles. The Hall–Kier alpha value is -4.07. The van der Waals surface area contributed by atoms with E-state index in [1.807, 2.05) is 25.7 Å². The van der Waals surface area contributed by atoms with Crippen LogP contribution in [-0.2, 0) is 21.2 Å². The Morgan fingerprint density at radius 1 is 1.02 bits per heavy atom. The van der Waals surface area contributed by atoms with E-state index in [0.717, 1.165) is 22.6 Å². The molecule has 0 aliphatic heterocycles. The standard InChI is InChI=1S/C24H29N3O5S.C2HF3O2/c1-14-11-15(2)23(16(3)12-14)33(30,31)26-19-7-8-22(21(13-19)24(28)29)27(6)10-9-20-17(4)25-32-18(20)5;3-2(4,5)1(6)7/h7-8,11-13,26H,9-10H2,1-6H3,(H,28,29);(H,6,7). The number of nitrogens with one attached hydrogen (secondary N) is 1. The zero-order valence-electron chi connectivity index (χ0n) is 22.7. The third-order valence-corrected chi connectivity index (χ3v) is 7.57. The smallest absolute Gasteiger partial charge is 0.478 e. The number of anilines is 2. The number of carboxylic acids is 2. The van der Waals surface area contributed by atoms with Crippen LogP contribution in [-0.4, -0.2) is 55.5 Å². The number of aromatic nitrogens is 1. The van der Waals surface area contributed by atoms with Gasteiger partial charge < -0.3 is 19.6 Å². The number of aromatic carboxylic acids is 1. The van der Waals surface area contributed by atoms with Gasteiger partial charge in [0.05, 0.1) is 21.8 Å². The number of nitrogens with zero attached hydrogens (tertiary/aromatic N) is 2. The summed E-state index contributed by atoms with van der Waals surface area (Å²) in [6.07, 6.45) is -4.45. The van der Waals surface area contributed by atoms with Crippen molar-refractivity contribution in [3.63, 3.8) is 0 Å². The van der Waals surface area contributed by atoms with Crippen molar-refractivity contribution in [2.24, 2.45) is 0 Å². The number of alkyl halides is 3. The first-order valence-corrected chi connectivity index (χ1v) is 13.2. The second-order valence-corrected chi connectivity index (χ2v) is 10.8. The molecule has 2 aromatic carbocycles. The second-order valence-electron chi connectivity index (χ2n) is 9.15. The van der Waals surface area contributed by atoms with Crippen LogP contribution in [0.25, 0.3) is 0 Å². The molecule has 0 bridgehead atoms. The molecule has 3 N–H and O–H groups in total. The van der Waals surface area contributed by atoms with E-state index in [0.29, 0.717) is 29.8 Å². The van der Waals surface area contributed by atoms with Crippen molar-refractivity contribution in [1.29, 1.82) is 0 Å². The molecule has 0 atom stereocenters. The van der Waals surface area contributed by atoms with Crippen LogP contribution in [0.15, 0.2) is 39.8 Å². The molecule has 10 nitrogen and oxygen atoms in total. The van der Waals surface area contributed by atoms with Crippen molar-refractivity contribution in [3.05, 3.63) is 69.6 Å². The molecule has 14 heteroatoms. The van der Waals surface area contributed by atoms with Gasteiger partial charge in [-0.15, -0.1) is 0 Å². The lowest BCUT2D eigenvalue weighted by molar-refractivity contribution is -0.192. The maximum atomic E-state index is 13.1. The summed E-state index contributed by atoms with van der Waals surface area (Å²) >= 11 is 0. The molecular formula is C26H30F3N3O7S. The van der Waals surface area contributed by atoms with Gasteiger partial charge in [-0.1, -0.05) is 22.9 Å². The summed E-state index contributed by atoms with van der Waals surface area (Å²) in [7, 11) is -2.10. The number of sulfonamides is 1. The number of aliphatic carboxylic acids is 1. The summed E-state index contributed by atoms with van der Waals surface area (Å²) in [6.45, 7) is 9.64. The fraction of sp³-hybridized carbons (Fsp3) is 0.346. The third-order valence-electron chi connectivity index (χ3n) is 5.88. The Balaban J connectivity index is 0.000000708. The summed E-state index contributed by atoms with van der Waals surface area (Å²) in [5.74, 6) is -3.16. The van der Waals surface area contributed by atoms with Gasteiger partial charge in [0.25, 0.3) is 10.0 Å². The highest BCUT2D eigenvalue weighted by Crippen LogP contribution is 2.28. The van der Waals surface area contributed by atoms with Gasteiger partial charge >= 0.3 is 18.1 Å². The van der Waals surface area contributed by atoms with Crippen LogP contribution < -0.4 is 9.62 Å². The maximum absolute atomic E-state index is 13.1. The van der Waals surface area contributed by atoms with Crippen molar-refractivity contribution >= 4 is 33.3 Å². The Morgan fingerprint density at radius 3 is 2.02 bits per heavy atom. The number of carbonyl (C=O) groups is 2. The molecule has 0 amide bonds. The molecule has 218 valence electrons. The Labute approximate surface area is 229 Å². The van der Waals surface area contributed by atoms with E-state index >= 15 is 0 Å². The zero-order valence-corrected chi connectivity index (χ0v) is 23.5. The van der Waals surface area contributed by atoms with E-state index in [2.05, 4.69) is 9.88 Å². The fourth-order valence-electron chi connectivity index (χ4n) is 4.16. The first-order chi connectivity index (χ1) is 18.3. The summed E-state index contributed by atoms with van der Waals surface area (Å²) < 4.78 is 65.6. The molecule has 3 rings (SSSR count). The van der Waals surface area contributed by atoms with Crippen molar-refractivity contribution < 1.29 is 45.9 Å². The van der Waals surface area contributed by atoms with Crippen molar-refractivity contribution in [2.45, 2.75) is 52.1 Å². The third kappa shape index (κ3) is 7.97. The summed E-state index contributed by atoms with van der Waals surface area (Å²) in [5, 5.41) is 20.9. The average molecular weight is 586 g/mol. The predicted octanol–water partition coefficient (Wildman–Crippen LogP) is 5.03. The molecule has 40 heavy (non-hydrogen) atoms. The maximum Gasteiger partial charge on any atom is 0.490 e. The van der Waals surface area contributed by atoms with Crippen LogP contribution in [0, 0.1) is 34.6 Å². The van der Waals surface area contributed by atoms with Gasteiger partial charge in [-0.3, -0.25) is 4.72 Å². The van der Waals surface area contributed by atoms with Gasteiger partial charge in [0, 0.05) is 24.8 Å². The summed E-state index contributed by atoms with van der Waals surface area (Å²) in [4.78, 5) is 22.9. The molecule has 0 fully saturated rings. The normalized spacial score (nSPS) is 11.4. The number of likely N-dealkylation sites (N-methyl/N-ethyl adjacent to an activating group) is 1. The minimum absolute atomic E-state index is 0.00816. The van der Waals surface area contributed by atoms with Gasteiger partial charge in [0.2, 0.25) is 0 Å². The lowest BCUT2D eigenvalue weighted by Crippen LogP contribution is -2.23. The Bertz CT molecular complexity index is 1470. The highest BCUT2D eigenvalue weighted by Gasteiger charge is 2.38. The number of halogens is 3. The van der Waals surface area contributed by atoms with Gasteiger partial charge in [-0.05, 0) is 70.4 Å². The molecule has 1 aromatic heterocycles. The van der Waals surface area contributed by atoms with Crippen LogP contribution in [0.1, 0.15) is 44.1 Å². The topological polar surface area (TPSA) is 150 Å². The van der Waals surface area contributed by atoms with E-state index in [-0.39, 0.29) is 16.1 Å². The molecular weight excluding hydrogens is 555 g/mol. The highest BCUT2D eigenvalue weighted by atomic mass is 32.2. The predicted molar refractivity (Wildman–Crippen MR) is 142 cm³/mol. The lowest BCUT2D eigenvalue weighted by Gasteiger charge is -2.22. The van der Waals surface area contributed by atoms with Crippen LogP contribution in [0.3, 0.4) is 0 Å². The zero-order chi connectivity index (χ0) is 30.6. The van der Waals surface area contributed by atoms with Crippen LogP contribution >= 0.6 is 0 Å². The van der Waals surface area contributed by atoms with E-state index in [1.165, 1.54) is 6.07 Å². The van der Waals surface area contributed by atoms with E-state index in [4.69, 9.17) is 14.4 Å². The van der Waals surface area contributed by atoms with E-state index in [9.17, 15) is 31.5 Å². The summed E-state index contributed by atoms with van der Waals surface area (Å²) in [6, 6.07) is 8.15. The largest absolute Gasteiger partial charge is 0.490 e. The van der Waals surface area contributed by atoms with Crippen molar-refractivity contribution in [2.75, 3.05) is 23.2 Å². The minimum Gasteiger partial charge on any atom is -0.478 e. The van der Waals surface area contributed by atoms with Crippen molar-refractivity contribution in [3.8, 4) is 0 Å². The molecule has 0 radical (unpaired) electrons.